The van der Waals surface area contributed by atoms with Crippen LogP contribution >= 0.6 is 0 Å². The van der Waals surface area contributed by atoms with E-state index in [9.17, 15) is 0 Å². The van der Waals surface area contributed by atoms with Gasteiger partial charge in [-0.2, -0.15) is 0 Å². The summed E-state index contributed by atoms with van der Waals surface area (Å²) in [6.07, 6.45) is 6.76. The Morgan fingerprint density at radius 1 is 1.31 bits per heavy atom. The molecule has 0 aromatic rings. The number of rotatable bonds is 5. The van der Waals surface area contributed by atoms with Crippen molar-refractivity contribution in [3.63, 3.8) is 0 Å². The predicted octanol–water partition coefficient (Wildman–Crippen LogP) is 1.49. The van der Waals surface area contributed by atoms with Crippen LogP contribution in [0.5, 0.6) is 0 Å². The lowest BCUT2D eigenvalue weighted by Crippen LogP contribution is -2.36. The Kier molecular flexibility index (Phi) is 4.62. The summed E-state index contributed by atoms with van der Waals surface area (Å²) in [5, 5.41) is 3.46. The van der Waals surface area contributed by atoms with Gasteiger partial charge < -0.3 is 15.0 Å². The van der Waals surface area contributed by atoms with Crippen LogP contribution in [0.4, 0.5) is 0 Å². The van der Waals surface area contributed by atoms with E-state index in [2.05, 4.69) is 24.3 Å². The molecule has 0 amide bonds. The second kappa shape index (κ2) is 5.99. The third-order valence-corrected chi connectivity index (χ3v) is 4.41. The lowest BCUT2D eigenvalue weighted by atomic mass is 9.99. The molecule has 2 aliphatic rings. The summed E-state index contributed by atoms with van der Waals surface area (Å²) in [6, 6.07) is 1.45. The molecule has 1 aliphatic carbocycles. The Balaban J connectivity index is 1.69. The monoisotopic (exact) mass is 226 g/mol. The van der Waals surface area contributed by atoms with Crippen LogP contribution in [0.25, 0.3) is 0 Å². The van der Waals surface area contributed by atoms with Crippen LogP contribution in [0.3, 0.4) is 0 Å². The quantitative estimate of drug-likeness (QED) is 0.768. The van der Waals surface area contributed by atoms with Crippen molar-refractivity contribution in [1.82, 2.24) is 10.2 Å². The Morgan fingerprint density at radius 2 is 2.19 bits per heavy atom. The SMILES string of the molecule is CNC1CCCC1CCN(C)C1CCOC1. The first-order chi connectivity index (χ1) is 7.81. The van der Waals surface area contributed by atoms with Gasteiger partial charge in [0.1, 0.15) is 0 Å². The topological polar surface area (TPSA) is 24.5 Å². The highest BCUT2D eigenvalue weighted by atomic mass is 16.5. The summed E-state index contributed by atoms with van der Waals surface area (Å²) >= 11 is 0. The standard InChI is InChI=1S/C13H26N2O/c1-14-13-5-3-4-11(13)6-8-15(2)12-7-9-16-10-12/h11-14H,3-10H2,1-2H3. The Bertz CT molecular complexity index is 204. The molecule has 2 rings (SSSR count). The first-order valence-corrected chi connectivity index (χ1v) is 6.76. The maximum atomic E-state index is 5.44. The molecule has 3 heteroatoms. The smallest absolute Gasteiger partial charge is 0.0622 e. The Labute approximate surface area is 99.5 Å². The molecule has 1 N–H and O–H groups in total. The van der Waals surface area contributed by atoms with Gasteiger partial charge in [0, 0.05) is 18.7 Å². The zero-order valence-corrected chi connectivity index (χ0v) is 10.7. The molecule has 3 atom stereocenters. The molecule has 3 nitrogen and oxygen atoms in total. The van der Waals surface area contributed by atoms with Gasteiger partial charge in [-0.1, -0.05) is 6.42 Å². The lowest BCUT2D eigenvalue weighted by molar-refractivity contribution is 0.154. The molecule has 3 unspecified atom stereocenters. The molecule has 0 aromatic carbocycles. The van der Waals surface area contributed by atoms with E-state index in [1.54, 1.807) is 0 Å². The molecule has 94 valence electrons. The minimum Gasteiger partial charge on any atom is -0.380 e. The Morgan fingerprint density at radius 3 is 2.88 bits per heavy atom. The second-order valence-corrected chi connectivity index (χ2v) is 5.37. The molecule has 0 aromatic heterocycles. The highest BCUT2D eigenvalue weighted by Crippen LogP contribution is 2.28. The van der Waals surface area contributed by atoms with Crippen LogP contribution in [-0.4, -0.2) is 50.8 Å². The van der Waals surface area contributed by atoms with Crippen molar-refractivity contribution in [1.29, 1.82) is 0 Å². The molecule has 2 fully saturated rings. The number of ether oxygens (including phenoxy) is 1. The molecule has 0 spiro atoms. The molecule has 1 saturated heterocycles. The van der Waals surface area contributed by atoms with E-state index in [4.69, 9.17) is 4.74 Å². The van der Waals surface area contributed by atoms with E-state index < -0.39 is 0 Å². The number of likely N-dealkylation sites (N-methyl/N-ethyl adjacent to an activating group) is 1. The van der Waals surface area contributed by atoms with Crippen molar-refractivity contribution >= 4 is 0 Å². The van der Waals surface area contributed by atoms with Crippen molar-refractivity contribution in [2.75, 3.05) is 33.9 Å². The predicted molar refractivity (Wildman–Crippen MR) is 66.7 cm³/mol. The van der Waals surface area contributed by atoms with Crippen LogP contribution in [0.1, 0.15) is 32.1 Å². The highest BCUT2D eigenvalue weighted by Gasteiger charge is 2.27. The van der Waals surface area contributed by atoms with E-state index in [1.807, 2.05) is 0 Å². The summed E-state index contributed by atoms with van der Waals surface area (Å²) in [4.78, 5) is 2.50. The van der Waals surface area contributed by atoms with Crippen molar-refractivity contribution in [2.45, 2.75) is 44.2 Å². The van der Waals surface area contributed by atoms with Crippen molar-refractivity contribution < 1.29 is 4.74 Å². The van der Waals surface area contributed by atoms with Gasteiger partial charge in [-0.15, -0.1) is 0 Å². The van der Waals surface area contributed by atoms with E-state index in [-0.39, 0.29) is 0 Å². The summed E-state index contributed by atoms with van der Waals surface area (Å²) in [6.45, 7) is 3.13. The summed E-state index contributed by atoms with van der Waals surface area (Å²) in [7, 11) is 4.36. The molecule has 1 heterocycles. The largest absolute Gasteiger partial charge is 0.380 e. The third-order valence-electron chi connectivity index (χ3n) is 4.41. The number of hydrogen-bond donors (Lipinski definition) is 1. The number of nitrogens with one attached hydrogen (secondary N) is 1. The maximum absolute atomic E-state index is 5.44. The van der Waals surface area contributed by atoms with Gasteiger partial charge in [-0.3, -0.25) is 0 Å². The molecule has 0 radical (unpaired) electrons. The minimum absolute atomic E-state index is 0.675. The summed E-state index contributed by atoms with van der Waals surface area (Å²) in [5.74, 6) is 0.898. The lowest BCUT2D eigenvalue weighted by Gasteiger charge is -2.26. The van der Waals surface area contributed by atoms with Crippen molar-refractivity contribution in [3.8, 4) is 0 Å². The fourth-order valence-electron chi connectivity index (χ4n) is 3.18. The fourth-order valence-corrected chi connectivity index (χ4v) is 3.18. The minimum atomic E-state index is 0.675. The fraction of sp³-hybridized carbons (Fsp3) is 1.00. The van der Waals surface area contributed by atoms with Crippen molar-refractivity contribution in [2.24, 2.45) is 5.92 Å². The van der Waals surface area contributed by atoms with Gasteiger partial charge in [0.2, 0.25) is 0 Å². The molecule has 1 saturated carbocycles. The molecule has 1 aliphatic heterocycles. The van der Waals surface area contributed by atoms with Gasteiger partial charge >= 0.3 is 0 Å². The zero-order chi connectivity index (χ0) is 11.4. The first kappa shape index (κ1) is 12.3. The van der Waals surface area contributed by atoms with Crippen LogP contribution in [0.2, 0.25) is 0 Å². The van der Waals surface area contributed by atoms with Crippen molar-refractivity contribution in [3.05, 3.63) is 0 Å². The van der Waals surface area contributed by atoms with Crippen LogP contribution in [-0.2, 0) is 4.74 Å². The Hall–Kier alpha value is -0.120. The maximum Gasteiger partial charge on any atom is 0.0622 e. The van der Waals surface area contributed by atoms with Crippen LogP contribution < -0.4 is 5.32 Å². The van der Waals surface area contributed by atoms with Crippen LogP contribution in [0, 0.1) is 5.92 Å². The highest BCUT2D eigenvalue weighted by molar-refractivity contribution is 4.83. The van der Waals surface area contributed by atoms with E-state index in [0.717, 1.165) is 25.2 Å². The van der Waals surface area contributed by atoms with Gasteiger partial charge in [-0.25, -0.2) is 0 Å². The van der Waals surface area contributed by atoms with E-state index >= 15 is 0 Å². The second-order valence-electron chi connectivity index (χ2n) is 5.37. The van der Waals surface area contributed by atoms with Gasteiger partial charge in [0.25, 0.3) is 0 Å². The number of hydrogen-bond acceptors (Lipinski definition) is 3. The molecule has 16 heavy (non-hydrogen) atoms. The third kappa shape index (κ3) is 2.96. The summed E-state index contributed by atoms with van der Waals surface area (Å²) < 4.78 is 5.44. The van der Waals surface area contributed by atoms with Gasteiger partial charge in [0.15, 0.2) is 0 Å². The van der Waals surface area contributed by atoms with Gasteiger partial charge in [-0.05, 0) is 52.2 Å². The first-order valence-electron chi connectivity index (χ1n) is 6.76. The van der Waals surface area contributed by atoms with E-state index in [0.29, 0.717) is 6.04 Å². The average molecular weight is 226 g/mol. The average Bonchev–Trinajstić information content (AvgIpc) is 2.96. The molecular formula is C13H26N2O. The van der Waals surface area contributed by atoms with Gasteiger partial charge in [0.05, 0.1) is 6.61 Å². The van der Waals surface area contributed by atoms with E-state index in [1.165, 1.54) is 38.6 Å². The molecular weight excluding hydrogens is 200 g/mol. The zero-order valence-electron chi connectivity index (χ0n) is 10.7. The number of nitrogens with zero attached hydrogens (tertiary/aromatic N) is 1. The summed E-state index contributed by atoms with van der Waals surface area (Å²) in [5.41, 5.74) is 0. The molecule has 0 bridgehead atoms. The van der Waals surface area contributed by atoms with Crippen LogP contribution in [0.15, 0.2) is 0 Å². The normalized spacial score (nSPS) is 35.1.